The third-order valence-electron chi connectivity index (χ3n) is 4.38. The van der Waals surface area contributed by atoms with Gasteiger partial charge in [-0.25, -0.2) is 0 Å². The van der Waals surface area contributed by atoms with E-state index < -0.39 is 0 Å². The molecular formula is C14H27NS2. The molecule has 0 aromatic rings. The molecule has 0 aromatic heterocycles. The summed E-state index contributed by atoms with van der Waals surface area (Å²) < 4.78 is 0. The summed E-state index contributed by atoms with van der Waals surface area (Å²) in [5, 5.41) is 2.28. The van der Waals surface area contributed by atoms with Crippen molar-refractivity contribution in [3.8, 4) is 0 Å². The fraction of sp³-hybridized carbons (Fsp3) is 1.00. The molecule has 2 rings (SSSR count). The standard InChI is InChI=1S/C14H27NS2/c1-10-11(2)17-14(9-16-10)13(15)8-12-6-4-3-5-7-12/h10-14H,3-9,15H2,1-2H3. The van der Waals surface area contributed by atoms with Crippen molar-refractivity contribution in [3.63, 3.8) is 0 Å². The minimum atomic E-state index is 0.436. The average molecular weight is 274 g/mol. The van der Waals surface area contributed by atoms with Crippen molar-refractivity contribution in [2.45, 2.75) is 74.2 Å². The maximum absolute atomic E-state index is 6.45. The van der Waals surface area contributed by atoms with Crippen molar-refractivity contribution >= 4 is 23.5 Å². The van der Waals surface area contributed by atoms with Gasteiger partial charge in [-0.2, -0.15) is 23.5 Å². The molecule has 3 heteroatoms. The number of hydrogen-bond acceptors (Lipinski definition) is 3. The second-order valence-electron chi connectivity index (χ2n) is 5.82. The smallest absolute Gasteiger partial charge is 0.0292 e. The van der Waals surface area contributed by atoms with E-state index in [1.54, 1.807) is 0 Å². The van der Waals surface area contributed by atoms with E-state index in [4.69, 9.17) is 5.73 Å². The molecule has 4 atom stereocenters. The lowest BCUT2D eigenvalue weighted by atomic mass is 9.84. The van der Waals surface area contributed by atoms with Crippen LogP contribution in [0.4, 0.5) is 0 Å². The van der Waals surface area contributed by atoms with Gasteiger partial charge in [-0.1, -0.05) is 46.0 Å². The monoisotopic (exact) mass is 273 g/mol. The minimum absolute atomic E-state index is 0.436. The largest absolute Gasteiger partial charge is 0.327 e. The maximum atomic E-state index is 6.45. The lowest BCUT2D eigenvalue weighted by Crippen LogP contribution is -2.41. The van der Waals surface area contributed by atoms with Gasteiger partial charge in [-0.15, -0.1) is 0 Å². The van der Waals surface area contributed by atoms with Gasteiger partial charge in [0.2, 0.25) is 0 Å². The van der Waals surface area contributed by atoms with E-state index >= 15 is 0 Å². The molecule has 1 aliphatic carbocycles. The van der Waals surface area contributed by atoms with Gasteiger partial charge in [0.15, 0.2) is 0 Å². The molecule has 0 amide bonds. The zero-order chi connectivity index (χ0) is 12.3. The first kappa shape index (κ1) is 14.1. The number of rotatable bonds is 3. The summed E-state index contributed by atoms with van der Waals surface area (Å²) in [5.74, 6) is 2.20. The van der Waals surface area contributed by atoms with Crippen molar-refractivity contribution < 1.29 is 0 Å². The second kappa shape index (κ2) is 6.72. The normalized spacial score (nSPS) is 37.9. The van der Waals surface area contributed by atoms with Crippen LogP contribution in [0, 0.1) is 5.92 Å². The van der Waals surface area contributed by atoms with Crippen LogP contribution >= 0.6 is 23.5 Å². The molecular weight excluding hydrogens is 246 g/mol. The highest BCUT2D eigenvalue weighted by atomic mass is 32.2. The Balaban J connectivity index is 1.77. The molecule has 4 unspecified atom stereocenters. The zero-order valence-electron chi connectivity index (χ0n) is 11.2. The number of thioether (sulfide) groups is 2. The third-order valence-corrected chi connectivity index (χ3v) is 7.95. The minimum Gasteiger partial charge on any atom is -0.327 e. The molecule has 17 heavy (non-hydrogen) atoms. The van der Waals surface area contributed by atoms with Crippen LogP contribution < -0.4 is 5.73 Å². The Hall–Kier alpha value is 0.660. The Morgan fingerprint density at radius 3 is 2.47 bits per heavy atom. The fourth-order valence-electron chi connectivity index (χ4n) is 2.99. The van der Waals surface area contributed by atoms with E-state index in [1.165, 1.54) is 44.3 Å². The quantitative estimate of drug-likeness (QED) is 0.844. The van der Waals surface area contributed by atoms with E-state index in [2.05, 4.69) is 37.4 Å². The van der Waals surface area contributed by atoms with E-state index in [0.29, 0.717) is 11.3 Å². The number of nitrogens with two attached hydrogens (primary N) is 1. The average Bonchev–Trinajstić information content (AvgIpc) is 2.34. The van der Waals surface area contributed by atoms with E-state index in [1.807, 2.05) is 0 Å². The second-order valence-corrected chi connectivity index (χ2v) is 8.85. The predicted octanol–water partition coefficient (Wildman–Crippen LogP) is 3.91. The van der Waals surface area contributed by atoms with Crippen molar-refractivity contribution in [1.29, 1.82) is 0 Å². The summed E-state index contributed by atoms with van der Waals surface area (Å²) in [6, 6.07) is 0.436. The molecule has 2 fully saturated rings. The van der Waals surface area contributed by atoms with Crippen LogP contribution in [-0.2, 0) is 0 Å². The van der Waals surface area contributed by atoms with Crippen LogP contribution in [0.1, 0.15) is 52.4 Å². The Morgan fingerprint density at radius 2 is 1.82 bits per heavy atom. The topological polar surface area (TPSA) is 26.0 Å². The Bertz CT molecular complexity index is 228. The van der Waals surface area contributed by atoms with E-state index in [9.17, 15) is 0 Å². The molecule has 0 spiro atoms. The highest BCUT2D eigenvalue weighted by Gasteiger charge is 2.30. The van der Waals surface area contributed by atoms with Crippen molar-refractivity contribution in [3.05, 3.63) is 0 Å². The highest BCUT2D eigenvalue weighted by molar-refractivity contribution is 8.07. The summed E-state index contributed by atoms with van der Waals surface area (Å²) in [6.45, 7) is 4.72. The molecule has 2 aliphatic rings. The van der Waals surface area contributed by atoms with Crippen LogP contribution in [0.5, 0.6) is 0 Å². The third kappa shape index (κ3) is 4.07. The number of hydrogen-bond donors (Lipinski definition) is 1. The van der Waals surface area contributed by atoms with Crippen LogP contribution in [0.2, 0.25) is 0 Å². The van der Waals surface area contributed by atoms with Gasteiger partial charge in [0.05, 0.1) is 0 Å². The van der Waals surface area contributed by atoms with E-state index in [-0.39, 0.29) is 0 Å². The van der Waals surface area contributed by atoms with Gasteiger partial charge in [-0.3, -0.25) is 0 Å². The van der Waals surface area contributed by atoms with Crippen molar-refractivity contribution in [2.24, 2.45) is 11.7 Å². The Kier molecular flexibility index (Phi) is 5.56. The predicted molar refractivity (Wildman–Crippen MR) is 81.9 cm³/mol. The van der Waals surface area contributed by atoms with Crippen LogP contribution in [0.25, 0.3) is 0 Å². The Labute approximate surface area is 115 Å². The molecule has 1 nitrogen and oxygen atoms in total. The lowest BCUT2D eigenvalue weighted by molar-refractivity contribution is 0.317. The van der Waals surface area contributed by atoms with Gasteiger partial charge in [-0.05, 0) is 12.3 Å². The summed E-state index contributed by atoms with van der Waals surface area (Å²) in [5.41, 5.74) is 6.45. The summed E-state index contributed by atoms with van der Waals surface area (Å²) in [6.07, 6.45) is 8.48. The highest BCUT2D eigenvalue weighted by Crippen LogP contribution is 2.38. The van der Waals surface area contributed by atoms with Crippen LogP contribution in [-0.4, -0.2) is 27.5 Å². The fourth-order valence-corrected chi connectivity index (χ4v) is 6.07. The molecule has 0 aromatic carbocycles. The molecule has 1 saturated carbocycles. The van der Waals surface area contributed by atoms with E-state index in [0.717, 1.165) is 16.4 Å². The summed E-state index contributed by atoms with van der Waals surface area (Å²) in [4.78, 5) is 0. The molecule has 0 bridgehead atoms. The first-order chi connectivity index (χ1) is 8.16. The first-order valence-corrected chi connectivity index (χ1v) is 9.18. The summed E-state index contributed by atoms with van der Waals surface area (Å²) >= 11 is 4.27. The van der Waals surface area contributed by atoms with Gasteiger partial charge in [0.1, 0.15) is 0 Å². The van der Waals surface area contributed by atoms with Crippen LogP contribution in [0.3, 0.4) is 0 Å². The SMILES string of the molecule is CC1SCC(C(N)CC2CCCCC2)SC1C. The van der Waals surface area contributed by atoms with Crippen molar-refractivity contribution in [2.75, 3.05) is 5.75 Å². The lowest BCUT2D eigenvalue weighted by Gasteiger charge is -2.36. The molecule has 1 heterocycles. The van der Waals surface area contributed by atoms with Gasteiger partial charge in [0.25, 0.3) is 0 Å². The van der Waals surface area contributed by atoms with Crippen LogP contribution in [0.15, 0.2) is 0 Å². The molecule has 1 saturated heterocycles. The first-order valence-electron chi connectivity index (χ1n) is 7.19. The maximum Gasteiger partial charge on any atom is 0.0292 e. The van der Waals surface area contributed by atoms with Gasteiger partial charge < -0.3 is 5.73 Å². The van der Waals surface area contributed by atoms with Gasteiger partial charge >= 0.3 is 0 Å². The summed E-state index contributed by atoms with van der Waals surface area (Å²) in [7, 11) is 0. The Morgan fingerprint density at radius 1 is 1.12 bits per heavy atom. The molecule has 100 valence electrons. The molecule has 0 radical (unpaired) electrons. The molecule has 1 aliphatic heterocycles. The zero-order valence-corrected chi connectivity index (χ0v) is 12.9. The van der Waals surface area contributed by atoms with Gasteiger partial charge in [0, 0.05) is 27.5 Å². The molecule has 2 N–H and O–H groups in total. The van der Waals surface area contributed by atoms with Crippen molar-refractivity contribution in [1.82, 2.24) is 0 Å².